The quantitative estimate of drug-likeness (QED) is 0.787. The molecule has 4 heteroatoms. The van der Waals surface area contributed by atoms with E-state index in [4.69, 9.17) is 0 Å². The van der Waals surface area contributed by atoms with Crippen molar-refractivity contribution >= 4 is 23.2 Å². The summed E-state index contributed by atoms with van der Waals surface area (Å²) in [6.45, 7) is 1.75. The van der Waals surface area contributed by atoms with Crippen molar-refractivity contribution in [3.05, 3.63) is 42.2 Å². The minimum Gasteiger partial charge on any atom is -0.338 e. The largest absolute Gasteiger partial charge is 0.338 e. The molecule has 2 aromatic rings. The normalized spacial score (nSPS) is 16.8. The lowest BCUT2D eigenvalue weighted by Crippen LogP contribution is -2.32. The molecule has 0 aliphatic carbocycles. The number of hydrogen-bond acceptors (Lipinski definition) is 2. The number of aromatic nitrogens is 1. The molecule has 0 aromatic carbocycles. The Morgan fingerprint density at radius 2 is 2.06 bits per heavy atom. The predicted octanol–water partition coefficient (Wildman–Crippen LogP) is 2.52. The lowest BCUT2D eigenvalue weighted by molar-refractivity contribution is 0.0770. The van der Waals surface area contributed by atoms with Crippen LogP contribution >= 0.6 is 11.8 Å². The number of rotatable bonds is 1. The summed E-state index contributed by atoms with van der Waals surface area (Å²) in [6.07, 6.45) is 5.03. The van der Waals surface area contributed by atoms with Gasteiger partial charge in [0.2, 0.25) is 0 Å². The van der Waals surface area contributed by atoms with Crippen LogP contribution in [0.4, 0.5) is 0 Å². The van der Waals surface area contributed by atoms with Gasteiger partial charge in [-0.3, -0.25) is 4.79 Å². The summed E-state index contributed by atoms with van der Waals surface area (Å²) in [5.41, 5.74) is 1.82. The number of pyridine rings is 1. The molecule has 3 heterocycles. The molecule has 1 saturated heterocycles. The summed E-state index contributed by atoms with van der Waals surface area (Å²) in [7, 11) is 0. The molecular formula is C14H16N2OS. The van der Waals surface area contributed by atoms with Gasteiger partial charge in [0, 0.05) is 31.2 Å². The Balaban J connectivity index is 1.91. The van der Waals surface area contributed by atoms with Gasteiger partial charge in [-0.25, -0.2) is 0 Å². The van der Waals surface area contributed by atoms with Crippen LogP contribution in [0.2, 0.25) is 0 Å². The Bertz CT molecular complexity index is 556. The van der Waals surface area contributed by atoms with Crippen LogP contribution in [-0.2, 0) is 0 Å². The van der Waals surface area contributed by atoms with Crippen LogP contribution in [0, 0.1) is 0 Å². The van der Waals surface area contributed by atoms with E-state index in [0.717, 1.165) is 36.3 Å². The van der Waals surface area contributed by atoms with E-state index < -0.39 is 0 Å². The second-order valence-corrected chi connectivity index (χ2v) is 5.71. The van der Waals surface area contributed by atoms with E-state index in [0.29, 0.717) is 0 Å². The third kappa shape index (κ3) is 2.12. The number of fused-ring (bicyclic) bond motifs is 1. The van der Waals surface area contributed by atoms with Gasteiger partial charge in [0.25, 0.3) is 5.91 Å². The summed E-state index contributed by atoms with van der Waals surface area (Å²) in [6, 6.07) is 7.88. The molecule has 1 aliphatic heterocycles. The maximum atomic E-state index is 12.5. The Morgan fingerprint density at radius 3 is 3.00 bits per heavy atom. The monoisotopic (exact) mass is 260 g/mol. The second kappa shape index (κ2) is 5.06. The first kappa shape index (κ1) is 11.7. The highest BCUT2D eigenvalue weighted by molar-refractivity contribution is 7.99. The highest BCUT2D eigenvalue weighted by Gasteiger charge is 2.19. The molecule has 2 aromatic heterocycles. The fourth-order valence-electron chi connectivity index (χ4n) is 2.35. The SMILES string of the molecule is O=C(c1ccn2ccccc12)N1CCCSCC1. The van der Waals surface area contributed by atoms with E-state index in [1.807, 2.05) is 57.7 Å². The van der Waals surface area contributed by atoms with Gasteiger partial charge in [-0.15, -0.1) is 0 Å². The molecule has 1 amide bonds. The molecule has 0 N–H and O–H groups in total. The Morgan fingerprint density at radius 1 is 1.11 bits per heavy atom. The average molecular weight is 260 g/mol. The number of carbonyl (C=O) groups is 1. The number of nitrogens with zero attached hydrogens (tertiary/aromatic N) is 2. The van der Waals surface area contributed by atoms with E-state index in [-0.39, 0.29) is 5.91 Å². The van der Waals surface area contributed by atoms with Gasteiger partial charge in [0.1, 0.15) is 0 Å². The Kier molecular flexibility index (Phi) is 3.28. The first-order valence-electron chi connectivity index (χ1n) is 6.29. The minimum atomic E-state index is 0.172. The van der Waals surface area contributed by atoms with E-state index >= 15 is 0 Å². The molecule has 0 spiro atoms. The van der Waals surface area contributed by atoms with Crippen molar-refractivity contribution in [2.75, 3.05) is 24.6 Å². The molecule has 1 aliphatic rings. The molecule has 3 nitrogen and oxygen atoms in total. The number of hydrogen-bond donors (Lipinski definition) is 0. The maximum Gasteiger partial charge on any atom is 0.256 e. The molecular weight excluding hydrogens is 244 g/mol. The first-order chi connectivity index (χ1) is 8.86. The minimum absolute atomic E-state index is 0.172. The summed E-state index contributed by atoms with van der Waals surface area (Å²) in [5.74, 6) is 2.39. The van der Waals surface area contributed by atoms with Crippen molar-refractivity contribution in [3.8, 4) is 0 Å². The number of thioether (sulfide) groups is 1. The van der Waals surface area contributed by atoms with Gasteiger partial charge in [-0.05, 0) is 30.4 Å². The molecule has 0 saturated carbocycles. The van der Waals surface area contributed by atoms with Crippen LogP contribution < -0.4 is 0 Å². The van der Waals surface area contributed by atoms with Gasteiger partial charge < -0.3 is 9.30 Å². The molecule has 0 bridgehead atoms. The standard InChI is InChI=1S/C14H16N2OS/c17-14(16-7-3-10-18-11-9-16)12-5-8-15-6-2-1-4-13(12)15/h1-2,4-6,8H,3,7,9-11H2. The maximum absolute atomic E-state index is 12.5. The van der Waals surface area contributed by atoms with Crippen molar-refractivity contribution in [1.82, 2.24) is 9.30 Å². The van der Waals surface area contributed by atoms with Crippen molar-refractivity contribution in [2.24, 2.45) is 0 Å². The van der Waals surface area contributed by atoms with Crippen LogP contribution in [0.3, 0.4) is 0 Å². The molecule has 0 atom stereocenters. The second-order valence-electron chi connectivity index (χ2n) is 4.48. The highest BCUT2D eigenvalue weighted by Crippen LogP contribution is 2.17. The van der Waals surface area contributed by atoms with Gasteiger partial charge in [0.05, 0.1) is 11.1 Å². The van der Waals surface area contributed by atoms with Crippen molar-refractivity contribution in [2.45, 2.75) is 6.42 Å². The van der Waals surface area contributed by atoms with Crippen molar-refractivity contribution < 1.29 is 4.79 Å². The van der Waals surface area contributed by atoms with Gasteiger partial charge >= 0.3 is 0 Å². The molecule has 0 radical (unpaired) electrons. The Labute approximate surface area is 111 Å². The highest BCUT2D eigenvalue weighted by atomic mass is 32.2. The van der Waals surface area contributed by atoms with Gasteiger partial charge in [0.15, 0.2) is 0 Å². The average Bonchev–Trinajstić information content (AvgIpc) is 2.65. The number of amides is 1. The molecule has 18 heavy (non-hydrogen) atoms. The molecule has 94 valence electrons. The number of carbonyl (C=O) groups excluding carboxylic acids is 1. The fourth-order valence-corrected chi connectivity index (χ4v) is 3.24. The smallest absolute Gasteiger partial charge is 0.256 e. The van der Waals surface area contributed by atoms with E-state index in [2.05, 4.69) is 0 Å². The topological polar surface area (TPSA) is 24.7 Å². The zero-order valence-electron chi connectivity index (χ0n) is 10.2. The van der Waals surface area contributed by atoms with Crippen LogP contribution in [0.25, 0.3) is 5.52 Å². The fraction of sp³-hybridized carbons (Fsp3) is 0.357. The Hall–Kier alpha value is -1.42. The van der Waals surface area contributed by atoms with E-state index in [1.165, 1.54) is 5.75 Å². The van der Waals surface area contributed by atoms with Crippen LogP contribution in [0.15, 0.2) is 36.7 Å². The first-order valence-corrected chi connectivity index (χ1v) is 7.44. The van der Waals surface area contributed by atoms with Crippen LogP contribution in [0.5, 0.6) is 0 Å². The molecule has 0 unspecified atom stereocenters. The van der Waals surface area contributed by atoms with Gasteiger partial charge in [-0.1, -0.05) is 6.07 Å². The lowest BCUT2D eigenvalue weighted by atomic mass is 10.2. The van der Waals surface area contributed by atoms with E-state index in [1.54, 1.807) is 0 Å². The summed E-state index contributed by atoms with van der Waals surface area (Å²) < 4.78 is 2.00. The van der Waals surface area contributed by atoms with E-state index in [9.17, 15) is 4.79 Å². The van der Waals surface area contributed by atoms with Crippen LogP contribution in [-0.4, -0.2) is 39.8 Å². The molecule has 3 rings (SSSR count). The predicted molar refractivity (Wildman–Crippen MR) is 75.2 cm³/mol. The third-order valence-electron chi connectivity index (χ3n) is 3.31. The summed E-state index contributed by atoms with van der Waals surface area (Å²) in [5, 5.41) is 0. The summed E-state index contributed by atoms with van der Waals surface area (Å²) in [4.78, 5) is 14.5. The van der Waals surface area contributed by atoms with Gasteiger partial charge in [-0.2, -0.15) is 11.8 Å². The summed E-state index contributed by atoms with van der Waals surface area (Å²) >= 11 is 1.94. The zero-order chi connectivity index (χ0) is 12.4. The van der Waals surface area contributed by atoms with Crippen LogP contribution in [0.1, 0.15) is 16.8 Å². The van der Waals surface area contributed by atoms with Crippen molar-refractivity contribution in [3.63, 3.8) is 0 Å². The lowest BCUT2D eigenvalue weighted by Gasteiger charge is -2.19. The molecule has 1 fully saturated rings. The zero-order valence-corrected chi connectivity index (χ0v) is 11.0. The third-order valence-corrected chi connectivity index (χ3v) is 4.36. The van der Waals surface area contributed by atoms with Crippen molar-refractivity contribution in [1.29, 1.82) is 0 Å².